The van der Waals surface area contributed by atoms with Crippen molar-refractivity contribution in [1.82, 2.24) is 5.32 Å². The van der Waals surface area contributed by atoms with Crippen molar-refractivity contribution >= 4 is 5.91 Å². The molecule has 0 spiro atoms. The Bertz CT molecular complexity index is 234. The Balaban J connectivity index is 1.51. The fraction of sp³-hybridized carbons (Fsp3) is 0.923. The van der Waals surface area contributed by atoms with Crippen molar-refractivity contribution in [2.45, 2.75) is 32.1 Å². The molecule has 2 rings (SSSR count). The van der Waals surface area contributed by atoms with Gasteiger partial charge in [-0.25, -0.2) is 0 Å². The fourth-order valence-electron chi connectivity index (χ4n) is 2.79. The molecule has 1 saturated heterocycles. The summed E-state index contributed by atoms with van der Waals surface area (Å²) < 4.78 is 5.32. The van der Waals surface area contributed by atoms with Crippen LogP contribution in [0.1, 0.15) is 32.1 Å². The van der Waals surface area contributed by atoms with E-state index < -0.39 is 0 Å². The quantitative estimate of drug-likeness (QED) is 0.643. The molecule has 4 heteroatoms. The van der Waals surface area contributed by atoms with Crippen LogP contribution in [0.25, 0.3) is 0 Å². The number of amides is 1. The average Bonchev–Trinajstić information content (AvgIpc) is 2.89. The molecule has 2 N–H and O–H groups in total. The van der Waals surface area contributed by atoms with Crippen LogP contribution in [0.15, 0.2) is 0 Å². The van der Waals surface area contributed by atoms with Gasteiger partial charge in [-0.05, 0) is 12.8 Å². The molecular formula is C13H25N2O2+. The van der Waals surface area contributed by atoms with Gasteiger partial charge in [0, 0.05) is 18.9 Å². The van der Waals surface area contributed by atoms with Gasteiger partial charge in [0.1, 0.15) is 13.1 Å². The summed E-state index contributed by atoms with van der Waals surface area (Å²) in [5, 5.41) is 3.08. The Kier molecular flexibility index (Phi) is 5.26. The molecule has 1 aliphatic carbocycles. The smallest absolute Gasteiger partial charge is 0.223 e. The molecule has 98 valence electrons. The number of rotatable bonds is 5. The number of quaternary nitrogens is 1. The van der Waals surface area contributed by atoms with E-state index in [0.717, 1.165) is 58.7 Å². The van der Waals surface area contributed by atoms with E-state index in [0.29, 0.717) is 11.8 Å². The molecule has 0 aromatic heterocycles. The molecule has 0 aromatic carbocycles. The van der Waals surface area contributed by atoms with Crippen LogP contribution >= 0.6 is 0 Å². The molecule has 1 heterocycles. The molecule has 2 aliphatic rings. The monoisotopic (exact) mass is 241 g/mol. The first-order valence-electron chi connectivity index (χ1n) is 7.05. The number of nitrogens with one attached hydrogen (secondary N) is 2. The molecule has 2 fully saturated rings. The normalized spacial score (nSPS) is 22.8. The van der Waals surface area contributed by atoms with E-state index in [-0.39, 0.29) is 0 Å². The minimum Gasteiger partial charge on any atom is -0.370 e. The second-order valence-electron chi connectivity index (χ2n) is 5.24. The van der Waals surface area contributed by atoms with Crippen LogP contribution in [0, 0.1) is 5.92 Å². The minimum atomic E-state index is 0.291. The topological polar surface area (TPSA) is 42.8 Å². The summed E-state index contributed by atoms with van der Waals surface area (Å²) in [7, 11) is 0. The van der Waals surface area contributed by atoms with E-state index >= 15 is 0 Å². The highest BCUT2D eigenvalue weighted by Crippen LogP contribution is 2.24. The molecule has 4 nitrogen and oxygen atoms in total. The lowest BCUT2D eigenvalue weighted by molar-refractivity contribution is -0.908. The van der Waals surface area contributed by atoms with Crippen molar-refractivity contribution in [3.63, 3.8) is 0 Å². The van der Waals surface area contributed by atoms with Crippen molar-refractivity contribution in [3.05, 3.63) is 0 Å². The Hall–Kier alpha value is -0.610. The minimum absolute atomic E-state index is 0.291. The molecule has 1 amide bonds. The van der Waals surface area contributed by atoms with Crippen LogP contribution in [0.3, 0.4) is 0 Å². The Morgan fingerprint density at radius 3 is 2.65 bits per heavy atom. The standard InChI is InChI=1S/C13H24N2O2/c16-13(12-4-1-2-5-12)14-6-3-7-15-8-10-17-11-9-15/h12H,1-11H2,(H,14,16)/p+1. The summed E-state index contributed by atoms with van der Waals surface area (Å²) in [6.07, 6.45) is 5.75. The van der Waals surface area contributed by atoms with E-state index in [1.807, 2.05) is 0 Å². The van der Waals surface area contributed by atoms with Gasteiger partial charge in [-0.15, -0.1) is 0 Å². The third-order valence-electron chi connectivity index (χ3n) is 3.93. The molecule has 0 atom stereocenters. The van der Waals surface area contributed by atoms with E-state index in [4.69, 9.17) is 4.74 Å². The van der Waals surface area contributed by atoms with Gasteiger partial charge in [-0.2, -0.15) is 0 Å². The zero-order valence-corrected chi connectivity index (χ0v) is 10.7. The number of morpholine rings is 1. The largest absolute Gasteiger partial charge is 0.370 e. The van der Waals surface area contributed by atoms with Gasteiger partial charge in [0.15, 0.2) is 0 Å². The van der Waals surface area contributed by atoms with Crippen molar-refractivity contribution in [2.75, 3.05) is 39.4 Å². The number of carbonyl (C=O) groups is 1. The van der Waals surface area contributed by atoms with Gasteiger partial charge in [-0.3, -0.25) is 4.79 Å². The predicted molar refractivity (Wildman–Crippen MR) is 66.0 cm³/mol. The van der Waals surface area contributed by atoms with Gasteiger partial charge in [0.05, 0.1) is 19.8 Å². The third kappa shape index (κ3) is 4.28. The number of hydrogen-bond acceptors (Lipinski definition) is 2. The molecule has 0 radical (unpaired) electrons. The number of ether oxygens (including phenoxy) is 1. The van der Waals surface area contributed by atoms with Gasteiger partial charge in [-0.1, -0.05) is 12.8 Å². The average molecular weight is 241 g/mol. The zero-order valence-electron chi connectivity index (χ0n) is 10.7. The fourth-order valence-corrected chi connectivity index (χ4v) is 2.79. The lowest BCUT2D eigenvalue weighted by Crippen LogP contribution is -3.14. The highest BCUT2D eigenvalue weighted by molar-refractivity contribution is 5.78. The van der Waals surface area contributed by atoms with Gasteiger partial charge in [0.2, 0.25) is 5.91 Å². The molecule has 0 unspecified atom stereocenters. The highest BCUT2D eigenvalue weighted by Gasteiger charge is 2.22. The second-order valence-corrected chi connectivity index (χ2v) is 5.24. The molecule has 0 aromatic rings. The lowest BCUT2D eigenvalue weighted by Gasteiger charge is -2.23. The van der Waals surface area contributed by atoms with Gasteiger partial charge >= 0.3 is 0 Å². The van der Waals surface area contributed by atoms with E-state index in [1.54, 1.807) is 4.90 Å². The van der Waals surface area contributed by atoms with Crippen molar-refractivity contribution in [2.24, 2.45) is 5.92 Å². The molecule has 1 aliphatic heterocycles. The van der Waals surface area contributed by atoms with Crippen LogP contribution in [0.4, 0.5) is 0 Å². The highest BCUT2D eigenvalue weighted by atomic mass is 16.5. The first-order valence-corrected chi connectivity index (χ1v) is 7.05. The van der Waals surface area contributed by atoms with E-state index in [2.05, 4.69) is 5.32 Å². The van der Waals surface area contributed by atoms with Crippen LogP contribution in [-0.2, 0) is 9.53 Å². The van der Waals surface area contributed by atoms with Gasteiger partial charge in [0.25, 0.3) is 0 Å². The summed E-state index contributed by atoms with van der Waals surface area (Å²) in [4.78, 5) is 13.4. The third-order valence-corrected chi connectivity index (χ3v) is 3.93. The van der Waals surface area contributed by atoms with Crippen LogP contribution in [0.5, 0.6) is 0 Å². The first-order chi connectivity index (χ1) is 8.36. The maximum Gasteiger partial charge on any atom is 0.223 e. The molecule has 1 saturated carbocycles. The maximum absolute atomic E-state index is 11.8. The van der Waals surface area contributed by atoms with Crippen molar-refractivity contribution in [1.29, 1.82) is 0 Å². The predicted octanol–water partition coefficient (Wildman–Crippen LogP) is -0.402. The van der Waals surface area contributed by atoms with Crippen LogP contribution < -0.4 is 10.2 Å². The second kappa shape index (κ2) is 6.97. The summed E-state index contributed by atoms with van der Waals surface area (Å²) in [6.45, 7) is 6.04. The summed E-state index contributed by atoms with van der Waals surface area (Å²) in [5.41, 5.74) is 0. The van der Waals surface area contributed by atoms with Crippen molar-refractivity contribution in [3.8, 4) is 0 Å². The first kappa shape index (κ1) is 12.8. The zero-order chi connectivity index (χ0) is 11.9. The Morgan fingerprint density at radius 2 is 1.94 bits per heavy atom. The molecular weight excluding hydrogens is 216 g/mol. The summed E-state index contributed by atoms with van der Waals surface area (Å²) >= 11 is 0. The lowest BCUT2D eigenvalue weighted by atomic mass is 10.1. The van der Waals surface area contributed by atoms with E-state index in [1.165, 1.54) is 12.8 Å². The Labute approximate surface area is 104 Å². The van der Waals surface area contributed by atoms with Crippen LogP contribution in [-0.4, -0.2) is 45.3 Å². The Morgan fingerprint density at radius 1 is 1.24 bits per heavy atom. The molecule has 17 heavy (non-hydrogen) atoms. The number of hydrogen-bond donors (Lipinski definition) is 2. The van der Waals surface area contributed by atoms with Crippen LogP contribution in [0.2, 0.25) is 0 Å². The number of carbonyl (C=O) groups excluding carboxylic acids is 1. The SMILES string of the molecule is O=C(NCCC[NH+]1CCOCC1)C1CCCC1. The summed E-state index contributed by atoms with van der Waals surface area (Å²) in [5.74, 6) is 0.602. The van der Waals surface area contributed by atoms with Crippen molar-refractivity contribution < 1.29 is 14.4 Å². The maximum atomic E-state index is 11.8. The van der Waals surface area contributed by atoms with Gasteiger partial charge < -0.3 is 15.0 Å². The van der Waals surface area contributed by atoms with E-state index in [9.17, 15) is 4.79 Å². The summed E-state index contributed by atoms with van der Waals surface area (Å²) in [6, 6.07) is 0. The molecule has 0 bridgehead atoms.